The van der Waals surface area contributed by atoms with Crippen LogP contribution in [0.3, 0.4) is 0 Å². The van der Waals surface area contributed by atoms with Crippen LogP contribution >= 0.6 is 22.9 Å². The Kier molecular flexibility index (Phi) is 6.48. The molecule has 0 unspecified atom stereocenters. The number of alkyl halides is 2. The quantitative estimate of drug-likeness (QED) is 0.499. The van der Waals surface area contributed by atoms with Crippen molar-refractivity contribution in [3.8, 4) is 10.8 Å². The zero-order chi connectivity index (χ0) is 22.0. The van der Waals surface area contributed by atoms with E-state index in [1.165, 1.54) is 14.8 Å². The predicted molar refractivity (Wildman–Crippen MR) is 109 cm³/mol. The van der Waals surface area contributed by atoms with Crippen molar-refractivity contribution in [2.75, 3.05) is 30.6 Å². The molecule has 31 heavy (non-hydrogen) atoms. The molecule has 0 N–H and O–H groups in total. The smallest absolute Gasteiger partial charge is 0.314 e. The van der Waals surface area contributed by atoms with E-state index in [2.05, 4.69) is 15.2 Å². The molecule has 166 valence electrons. The third kappa shape index (κ3) is 4.85. The molecule has 1 fully saturated rings. The molecule has 0 radical (unpaired) electrons. The molecule has 1 saturated heterocycles. The number of hydrogen-bond acceptors (Lipinski definition) is 8. The second-order valence-electron chi connectivity index (χ2n) is 6.37. The Bertz CT molecular complexity index is 1150. The first kappa shape index (κ1) is 22.0. The van der Waals surface area contributed by atoms with Crippen LogP contribution in [0.5, 0.6) is 0 Å². The first-order chi connectivity index (χ1) is 14.8. The van der Waals surface area contributed by atoms with Gasteiger partial charge in [0.2, 0.25) is 0 Å². The number of aromatic nitrogens is 3. The molecule has 0 amide bonds. The number of anilines is 1. The maximum Gasteiger partial charge on any atom is 0.314 e. The molecule has 2 aromatic heterocycles. The lowest BCUT2D eigenvalue weighted by molar-refractivity contribution is 0.0729. The van der Waals surface area contributed by atoms with Gasteiger partial charge in [0.15, 0.2) is 0 Å². The highest BCUT2D eigenvalue weighted by molar-refractivity contribution is 7.90. The number of ether oxygens (including phenoxy) is 1. The molecule has 14 heteroatoms. The second kappa shape index (κ2) is 9.12. The minimum atomic E-state index is -3.91. The van der Waals surface area contributed by atoms with Gasteiger partial charge in [-0.3, -0.25) is 4.31 Å². The van der Waals surface area contributed by atoms with E-state index in [-0.39, 0.29) is 25.5 Å². The largest absolute Gasteiger partial charge is 0.414 e. The summed E-state index contributed by atoms with van der Waals surface area (Å²) in [6.07, 6.45) is -1.51. The van der Waals surface area contributed by atoms with E-state index in [4.69, 9.17) is 20.8 Å². The number of halogens is 3. The van der Waals surface area contributed by atoms with Crippen molar-refractivity contribution in [1.82, 2.24) is 19.5 Å². The third-order valence-electron chi connectivity index (χ3n) is 4.34. The third-order valence-corrected chi connectivity index (χ3v) is 7.46. The molecule has 1 aliphatic heterocycles. The first-order valence-corrected chi connectivity index (χ1v) is 11.6. The molecule has 0 saturated carbocycles. The van der Waals surface area contributed by atoms with Crippen molar-refractivity contribution in [3.63, 3.8) is 0 Å². The van der Waals surface area contributed by atoms with Crippen molar-refractivity contribution >= 4 is 38.8 Å². The van der Waals surface area contributed by atoms with E-state index in [1.54, 1.807) is 24.3 Å². The maximum absolute atomic E-state index is 13.4. The summed E-state index contributed by atoms with van der Waals surface area (Å²) in [7, 11) is -3.91. The van der Waals surface area contributed by atoms with Crippen LogP contribution in [0.25, 0.3) is 10.8 Å². The molecule has 3 heterocycles. The Morgan fingerprint density at radius 3 is 2.71 bits per heavy atom. The molecule has 3 aromatic rings. The summed E-state index contributed by atoms with van der Waals surface area (Å²) in [5, 5.41) is 7.67. The lowest BCUT2D eigenvalue weighted by Gasteiger charge is -2.32. The van der Waals surface area contributed by atoms with Crippen LogP contribution in [0.1, 0.15) is 17.3 Å². The van der Waals surface area contributed by atoms with E-state index in [0.717, 1.165) is 11.3 Å². The summed E-state index contributed by atoms with van der Waals surface area (Å²) in [6.45, 7) is 0.948. The van der Waals surface area contributed by atoms with Crippen LogP contribution in [0, 0.1) is 0 Å². The standard InChI is InChI=1S/C17H16ClF2N5O4S2/c18-11-2-1-3-12(8-11)25(31(26,27)24-4-6-28-7-5-24)10-14-21-9-13(30-14)16-22-23-17(29-16)15(19)20/h1-3,8-9,15H,4-7,10H2. The number of thiazole rings is 1. The van der Waals surface area contributed by atoms with E-state index in [1.807, 2.05) is 0 Å². The Balaban J connectivity index is 1.64. The number of nitrogens with zero attached hydrogens (tertiary/aromatic N) is 5. The number of hydrogen-bond donors (Lipinski definition) is 0. The van der Waals surface area contributed by atoms with Crippen LogP contribution in [0.2, 0.25) is 5.02 Å². The van der Waals surface area contributed by atoms with Gasteiger partial charge in [-0.1, -0.05) is 17.7 Å². The summed E-state index contributed by atoms with van der Waals surface area (Å²) in [5.41, 5.74) is 0.369. The molecule has 0 atom stereocenters. The normalized spacial score (nSPS) is 15.5. The molecule has 0 spiro atoms. The lowest BCUT2D eigenvalue weighted by Crippen LogP contribution is -2.48. The van der Waals surface area contributed by atoms with Gasteiger partial charge < -0.3 is 9.15 Å². The van der Waals surface area contributed by atoms with E-state index in [0.29, 0.717) is 33.8 Å². The van der Waals surface area contributed by atoms with Gasteiger partial charge in [0.25, 0.3) is 11.8 Å². The monoisotopic (exact) mass is 491 g/mol. The highest BCUT2D eigenvalue weighted by atomic mass is 35.5. The summed E-state index contributed by atoms with van der Waals surface area (Å²) in [6, 6.07) is 6.46. The minimum absolute atomic E-state index is 0.0967. The average molecular weight is 492 g/mol. The fourth-order valence-electron chi connectivity index (χ4n) is 2.88. The Hall–Kier alpha value is -2.19. The number of benzene rings is 1. The molecule has 0 aliphatic carbocycles. The van der Waals surface area contributed by atoms with Crippen molar-refractivity contribution in [1.29, 1.82) is 0 Å². The molecule has 0 bridgehead atoms. The summed E-state index contributed by atoms with van der Waals surface area (Å²) in [5.74, 6) is -0.898. The average Bonchev–Trinajstić information content (AvgIpc) is 3.42. The fraction of sp³-hybridized carbons (Fsp3) is 0.353. The second-order valence-corrected chi connectivity index (χ2v) is 9.77. The topological polar surface area (TPSA) is 102 Å². The fourth-order valence-corrected chi connectivity index (χ4v) is 5.53. The zero-order valence-electron chi connectivity index (χ0n) is 15.8. The van der Waals surface area contributed by atoms with E-state index in [9.17, 15) is 17.2 Å². The van der Waals surface area contributed by atoms with Gasteiger partial charge >= 0.3 is 16.6 Å². The van der Waals surface area contributed by atoms with Crippen molar-refractivity contribution in [2.45, 2.75) is 13.0 Å². The van der Waals surface area contributed by atoms with Gasteiger partial charge in [-0.2, -0.15) is 21.5 Å². The molecule has 4 rings (SSSR count). The number of rotatable bonds is 7. The van der Waals surface area contributed by atoms with Crippen LogP contribution in [0.15, 0.2) is 34.9 Å². The SMILES string of the molecule is O=S(=O)(N1CCOCC1)N(Cc1ncc(-c2nnc(C(F)F)o2)s1)c1cccc(Cl)c1. The summed E-state index contributed by atoms with van der Waals surface area (Å²) in [4.78, 5) is 4.57. The zero-order valence-corrected chi connectivity index (χ0v) is 18.2. The molecule has 1 aromatic carbocycles. The summed E-state index contributed by atoms with van der Waals surface area (Å²) >= 11 is 7.15. The van der Waals surface area contributed by atoms with Gasteiger partial charge in [-0.25, -0.2) is 4.98 Å². The lowest BCUT2D eigenvalue weighted by atomic mass is 10.3. The van der Waals surface area contributed by atoms with Crippen molar-refractivity contribution in [3.05, 3.63) is 46.4 Å². The molecular weight excluding hydrogens is 476 g/mol. The maximum atomic E-state index is 13.4. The Morgan fingerprint density at radius 2 is 2.03 bits per heavy atom. The van der Waals surface area contributed by atoms with Crippen LogP contribution in [0.4, 0.5) is 14.5 Å². The van der Waals surface area contributed by atoms with E-state index < -0.39 is 22.5 Å². The van der Waals surface area contributed by atoms with Gasteiger partial charge in [0.1, 0.15) is 9.88 Å². The highest BCUT2D eigenvalue weighted by Crippen LogP contribution is 2.31. The van der Waals surface area contributed by atoms with Crippen molar-refractivity contribution in [2.24, 2.45) is 0 Å². The highest BCUT2D eigenvalue weighted by Gasteiger charge is 2.32. The van der Waals surface area contributed by atoms with Gasteiger partial charge in [0.05, 0.1) is 31.6 Å². The van der Waals surface area contributed by atoms with E-state index >= 15 is 0 Å². The molecule has 9 nitrogen and oxygen atoms in total. The Morgan fingerprint density at radius 1 is 1.26 bits per heavy atom. The molecular formula is C17H16ClF2N5O4S2. The van der Waals surface area contributed by atoms with Crippen LogP contribution in [-0.2, 0) is 21.5 Å². The van der Waals surface area contributed by atoms with Gasteiger partial charge in [-0.15, -0.1) is 21.5 Å². The Labute approximate surface area is 185 Å². The predicted octanol–water partition coefficient (Wildman–Crippen LogP) is 3.37. The van der Waals surface area contributed by atoms with Crippen LogP contribution < -0.4 is 4.31 Å². The van der Waals surface area contributed by atoms with Gasteiger partial charge in [0, 0.05) is 18.1 Å². The van der Waals surface area contributed by atoms with Crippen molar-refractivity contribution < 1.29 is 26.4 Å². The first-order valence-electron chi connectivity index (χ1n) is 9.02. The van der Waals surface area contributed by atoms with Gasteiger partial charge in [-0.05, 0) is 18.2 Å². The summed E-state index contributed by atoms with van der Waals surface area (Å²) < 4.78 is 64.8. The number of morpholine rings is 1. The molecule has 1 aliphatic rings. The minimum Gasteiger partial charge on any atom is -0.414 e. The van der Waals surface area contributed by atoms with Crippen LogP contribution in [-0.4, -0.2) is 54.2 Å².